The molecular weight excluding hydrogens is 419 g/mol. The lowest BCUT2D eigenvalue weighted by Crippen LogP contribution is -2.02. The van der Waals surface area contributed by atoms with Crippen molar-refractivity contribution >= 4 is 43.5 Å². The van der Waals surface area contributed by atoms with Crippen LogP contribution in [-0.4, -0.2) is 11.7 Å². The van der Waals surface area contributed by atoms with Gasteiger partial charge >= 0.3 is 0 Å². The van der Waals surface area contributed by atoms with Crippen molar-refractivity contribution in [3.05, 3.63) is 61.5 Å². The summed E-state index contributed by atoms with van der Waals surface area (Å²) in [6.45, 7) is 2.72. The molecule has 21 heavy (non-hydrogen) atoms. The van der Waals surface area contributed by atoms with Gasteiger partial charge in [0, 0.05) is 15.1 Å². The van der Waals surface area contributed by atoms with Gasteiger partial charge in [0.2, 0.25) is 0 Å². The number of halogens is 3. The second kappa shape index (κ2) is 7.63. The number of rotatable bonds is 5. The van der Waals surface area contributed by atoms with Crippen LogP contribution < -0.4 is 4.74 Å². The Morgan fingerprint density at radius 3 is 2.62 bits per heavy atom. The van der Waals surface area contributed by atoms with Gasteiger partial charge in [-0.1, -0.05) is 40.5 Å². The maximum Gasteiger partial charge on any atom is 0.133 e. The van der Waals surface area contributed by atoms with Gasteiger partial charge in [-0.25, -0.2) is 0 Å². The van der Waals surface area contributed by atoms with Crippen LogP contribution >= 0.6 is 43.5 Å². The van der Waals surface area contributed by atoms with E-state index in [0.717, 1.165) is 26.7 Å². The van der Waals surface area contributed by atoms with Crippen molar-refractivity contribution in [2.24, 2.45) is 0 Å². The maximum absolute atomic E-state index is 10.5. The van der Waals surface area contributed by atoms with Gasteiger partial charge in [0.25, 0.3) is 0 Å². The van der Waals surface area contributed by atoms with Crippen molar-refractivity contribution in [2.45, 2.75) is 19.4 Å². The number of benzene rings is 2. The molecule has 0 spiro atoms. The Balaban J connectivity index is 2.29. The van der Waals surface area contributed by atoms with Crippen LogP contribution in [0.5, 0.6) is 5.75 Å². The van der Waals surface area contributed by atoms with E-state index in [0.29, 0.717) is 17.2 Å². The molecular formula is C16H15Br2ClO2. The average Bonchev–Trinajstić information content (AvgIpc) is 2.47. The predicted molar refractivity (Wildman–Crippen MR) is 93.1 cm³/mol. The molecule has 0 aliphatic heterocycles. The van der Waals surface area contributed by atoms with Crippen LogP contribution in [0.25, 0.3) is 0 Å². The topological polar surface area (TPSA) is 29.5 Å². The first kappa shape index (κ1) is 16.8. The Morgan fingerprint density at radius 2 is 1.95 bits per heavy atom. The van der Waals surface area contributed by atoms with Gasteiger partial charge in [-0.2, -0.15) is 0 Å². The van der Waals surface area contributed by atoms with E-state index in [1.54, 1.807) is 6.07 Å². The minimum absolute atomic E-state index is 0.535. The van der Waals surface area contributed by atoms with Crippen molar-refractivity contribution in [3.8, 4) is 5.75 Å². The van der Waals surface area contributed by atoms with Gasteiger partial charge in [0.1, 0.15) is 11.9 Å². The molecule has 1 N–H and O–H groups in total. The lowest BCUT2D eigenvalue weighted by molar-refractivity contribution is 0.220. The Morgan fingerprint density at radius 1 is 1.19 bits per heavy atom. The summed E-state index contributed by atoms with van der Waals surface area (Å²) in [5, 5.41) is 11.1. The number of aliphatic hydroxyl groups excluding tert-OH is 1. The highest BCUT2D eigenvalue weighted by atomic mass is 79.9. The summed E-state index contributed by atoms with van der Waals surface area (Å²) in [6.07, 6.45) is 0.163. The van der Waals surface area contributed by atoms with Crippen LogP contribution in [-0.2, 0) is 0 Å². The number of hydrogen-bond donors (Lipinski definition) is 1. The molecule has 0 heterocycles. The molecule has 0 aliphatic rings. The van der Waals surface area contributed by atoms with Crippen LogP contribution in [0.2, 0.25) is 5.02 Å². The molecule has 0 radical (unpaired) electrons. The van der Waals surface area contributed by atoms with Crippen molar-refractivity contribution in [2.75, 3.05) is 6.61 Å². The van der Waals surface area contributed by atoms with Crippen LogP contribution in [0.1, 0.15) is 30.6 Å². The largest absolute Gasteiger partial charge is 0.492 e. The van der Waals surface area contributed by atoms with Crippen molar-refractivity contribution in [1.82, 2.24) is 0 Å². The third kappa shape index (κ3) is 4.22. The maximum atomic E-state index is 10.5. The van der Waals surface area contributed by atoms with E-state index in [9.17, 15) is 5.11 Å². The molecule has 1 unspecified atom stereocenters. The third-order valence-corrected chi connectivity index (χ3v) is 4.44. The zero-order valence-corrected chi connectivity index (χ0v) is 15.4. The molecule has 0 saturated heterocycles. The highest BCUT2D eigenvalue weighted by Gasteiger charge is 2.16. The summed E-state index contributed by atoms with van der Waals surface area (Å²) in [5.74, 6) is 0.771. The second-order valence-corrected chi connectivity index (χ2v) is 6.78. The lowest BCUT2D eigenvalue weighted by atomic mass is 10.0. The fourth-order valence-corrected chi connectivity index (χ4v) is 3.03. The van der Waals surface area contributed by atoms with Gasteiger partial charge in [-0.3, -0.25) is 0 Å². The third-order valence-electron chi connectivity index (χ3n) is 2.99. The number of ether oxygens (including phenoxy) is 1. The summed E-state index contributed by atoms with van der Waals surface area (Å²) in [7, 11) is 0. The molecule has 0 saturated carbocycles. The van der Waals surface area contributed by atoms with Crippen LogP contribution in [0.4, 0.5) is 0 Å². The summed E-state index contributed by atoms with van der Waals surface area (Å²) in [5.41, 5.74) is 1.42. The Labute approximate surface area is 146 Å². The van der Waals surface area contributed by atoms with E-state index in [2.05, 4.69) is 38.8 Å². The number of aliphatic hydroxyl groups is 1. The highest BCUT2D eigenvalue weighted by Crippen LogP contribution is 2.34. The monoisotopic (exact) mass is 432 g/mol. The zero-order valence-electron chi connectivity index (χ0n) is 11.4. The first-order chi connectivity index (χ1) is 10.0. The van der Waals surface area contributed by atoms with Gasteiger partial charge in [-0.05, 0) is 58.2 Å². The summed E-state index contributed by atoms with van der Waals surface area (Å²) in [4.78, 5) is 0. The SMILES string of the molecule is CCCOc1ccc(C(O)c2cc(Br)ccc2Cl)cc1Br. The summed E-state index contributed by atoms with van der Waals surface area (Å²) >= 11 is 13.0. The molecule has 0 fully saturated rings. The first-order valence-electron chi connectivity index (χ1n) is 6.58. The van der Waals surface area contributed by atoms with Crippen LogP contribution in [0, 0.1) is 0 Å². The second-order valence-electron chi connectivity index (χ2n) is 4.61. The summed E-state index contributed by atoms with van der Waals surface area (Å²) < 4.78 is 7.30. The van der Waals surface area contributed by atoms with Crippen LogP contribution in [0.3, 0.4) is 0 Å². The van der Waals surface area contributed by atoms with Gasteiger partial charge < -0.3 is 9.84 Å². The highest BCUT2D eigenvalue weighted by molar-refractivity contribution is 9.10. The average molecular weight is 435 g/mol. The van der Waals surface area contributed by atoms with E-state index in [-0.39, 0.29) is 0 Å². The van der Waals surface area contributed by atoms with Crippen molar-refractivity contribution in [3.63, 3.8) is 0 Å². The molecule has 112 valence electrons. The molecule has 0 amide bonds. The molecule has 2 aromatic carbocycles. The molecule has 0 bridgehead atoms. The van der Waals surface area contributed by atoms with Gasteiger partial charge in [0.05, 0.1) is 11.1 Å². The first-order valence-corrected chi connectivity index (χ1v) is 8.54. The zero-order chi connectivity index (χ0) is 15.4. The lowest BCUT2D eigenvalue weighted by Gasteiger charge is -2.15. The Bertz CT molecular complexity index is 632. The molecule has 2 aromatic rings. The standard InChI is InChI=1S/C16H15Br2ClO2/c1-2-7-21-15-6-3-10(8-13(15)18)16(20)12-9-11(17)4-5-14(12)19/h3-6,8-9,16,20H,2,7H2,1H3. The molecule has 0 aromatic heterocycles. The fraction of sp³-hybridized carbons (Fsp3) is 0.250. The molecule has 2 rings (SSSR count). The van der Waals surface area contributed by atoms with E-state index in [1.165, 1.54) is 0 Å². The summed E-state index contributed by atoms with van der Waals surface area (Å²) in [6, 6.07) is 11.0. The normalized spacial score (nSPS) is 12.2. The Kier molecular flexibility index (Phi) is 6.11. The smallest absolute Gasteiger partial charge is 0.133 e. The minimum Gasteiger partial charge on any atom is -0.492 e. The molecule has 2 nitrogen and oxygen atoms in total. The predicted octanol–water partition coefficient (Wildman–Crippen LogP) is 5.74. The van der Waals surface area contributed by atoms with Crippen molar-refractivity contribution < 1.29 is 9.84 Å². The fourth-order valence-electron chi connectivity index (χ4n) is 1.92. The number of hydrogen-bond acceptors (Lipinski definition) is 2. The van der Waals surface area contributed by atoms with Gasteiger partial charge in [0.15, 0.2) is 0 Å². The van der Waals surface area contributed by atoms with Crippen molar-refractivity contribution in [1.29, 1.82) is 0 Å². The van der Waals surface area contributed by atoms with Gasteiger partial charge in [-0.15, -0.1) is 0 Å². The van der Waals surface area contributed by atoms with E-state index >= 15 is 0 Å². The Hall–Kier alpha value is -0.550. The van der Waals surface area contributed by atoms with E-state index in [1.807, 2.05) is 30.3 Å². The molecule has 0 aliphatic carbocycles. The minimum atomic E-state index is -0.786. The quantitative estimate of drug-likeness (QED) is 0.651. The van der Waals surface area contributed by atoms with Crippen LogP contribution in [0.15, 0.2) is 45.3 Å². The molecule has 1 atom stereocenters. The van der Waals surface area contributed by atoms with E-state index < -0.39 is 6.10 Å². The molecule has 5 heteroatoms. The van der Waals surface area contributed by atoms with E-state index in [4.69, 9.17) is 16.3 Å².